The summed E-state index contributed by atoms with van der Waals surface area (Å²) >= 11 is 0. The number of benzene rings is 2. The first-order chi connectivity index (χ1) is 20.4. The molecule has 2 saturated heterocycles. The van der Waals surface area contributed by atoms with Crippen molar-refractivity contribution >= 4 is 29.6 Å². The summed E-state index contributed by atoms with van der Waals surface area (Å²) in [5, 5.41) is 6.42. The fraction of sp³-hybridized carbons (Fsp3) is 0.515. The van der Waals surface area contributed by atoms with Crippen LogP contribution in [0.3, 0.4) is 0 Å². The number of carbonyl (C=O) groups is 4. The lowest BCUT2D eigenvalue weighted by molar-refractivity contribution is -0.141. The van der Waals surface area contributed by atoms with Crippen LogP contribution in [0.5, 0.6) is 0 Å². The molecule has 2 N–H and O–H groups in total. The molecule has 228 valence electrons. The van der Waals surface area contributed by atoms with Gasteiger partial charge in [0.1, 0.15) is 17.7 Å². The van der Waals surface area contributed by atoms with Crippen LogP contribution < -0.4 is 10.6 Å². The SMILES string of the molecule is CC(C1CC1)N(Cc1ccccc1)C(=O)CN1C(=O)NC2(CCc3cc(NC4CN(C(=O)OC(C)(C)C)C4)ccc32)C1=O. The number of aryl methyl sites for hydroxylation is 1. The van der Waals surface area contributed by atoms with Gasteiger partial charge in [-0.2, -0.15) is 0 Å². The molecule has 0 radical (unpaired) electrons. The molecule has 10 nitrogen and oxygen atoms in total. The number of nitrogens with zero attached hydrogens (tertiary/aromatic N) is 3. The van der Waals surface area contributed by atoms with Gasteiger partial charge in [-0.3, -0.25) is 14.5 Å². The third-order valence-electron chi connectivity index (χ3n) is 9.02. The molecule has 10 heteroatoms. The Morgan fingerprint density at radius 1 is 1.12 bits per heavy atom. The maximum Gasteiger partial charge on any atom is 0.410 e. The van der Waals surface area contributed by atoms with Gasteiger partial charge in [-0.25, -0.2) is 9.59 Å². The number of anilines is 1. The number of hydrogen-bond acceptors (Lipinski definition) is 6. The highest BCUT2D eigenvalue weighted by molar-refractivity contribution is 6.10. The van der Waals surface area contributed by atoms with E-state index in [2.05, 4.69) is 17.6 Å². The number of carbonyl (C=O) groups excluding carboxylic acids is 4. The Balaban J connectivity index is 1.11. The first-order valence-electron chi connectivity index (χ1n) is 15.3. The fourth-order valence-corrected chi connectivity index (χ4v) is 6.46. The molecule has 0 bridgehead atoms. The van der Waals surface area contributed by atoms with Crippen molar-refractivity contribution in [3.63, 3.8) is 0 Å². The number of imide groups is 1. The topological polar surface area (TPSA) is 111 Å². The van der Waals surface area contributed by atoms with Gasteiger partial charge in [-0.1, -0.05) is 36.4 Å². The van der Waals surface area contributed by atoms with E-state index in [1.807, 2.05) is 74.2 Å². The maximum atomic E-state index is 13.9. The predicted octanol–water partition coefficient (Wildman–Crippen LogP) is 4.24. The second-order valence-electron chi connectivity index (χ2n) is 13.4. The lowest BCUT2D eigenvalue weighted by Crippen LogP contribution is -2.57. The van der Waals surface area contributed by atoms with Crippen molar-refractivity contribution in [3.05, 3.63) is 65.2 Å². The molecule has 2 aliphatic carbocycles. The van der Waals surface area contributed by atoms with Crippen molar-refractivity contribution in [2.24, 2.45) is 5.92 Å². The van der Waals surface area contributed by atoms with Crippen LogP contribution in [0.2, 0.25) is 0 Å². The number of urea groups is 1. The summed E-state index contributed by atoms with van der Waals surface area (Å²) in [4.78, 5) is 57.5. The zero-order valence-electron chi connectivity index (χ0n) is 25.4. The van der Waals surface area contributed by atoms with Crippen LogP contribution >= 0.6 is 0 Å². The summed E-state index contributed by atoms with van der Waals surface area (Å²) < 4.78 is 5.44. The fourth-order valence-electron chi connectivity index (χ4n) is 6.46. The van der Waals surface area contributed by atoms with E-state index in [1.54, 1.807) is 4.90 Å². The summed E-state index contributed by atoms with van der Waals surface area (Å²) in [6.45, 7) is 8.88. The van der Waals surface area contributed by atoms with Crippen molar-refractivity contribution in [1.82, 2.24) is 20.0 Å². The van der Waals surface area contributed by atoms with Crippen molar-refractivity contribution in [2.45, 2.75) is 83.1 Å². The van der Waals surface area contributed by atoms with E-state index in [4.69, 9.17) is 4.74 Å². The Morgan fingerprint density at radius 3 is 2.51 bits per heavy atom. The van der Waals surface area contributed by atoms with Gasteiger partial charge in [0.05, 0.1) is 6.04 Å². The number of likely N-dealkylation sites (tertiary alicyclic amines) is 1. The number of fused-ring (bicyclic) bond motifs is 2. The molecule has 4 aliphatic rings. The van der Waals surface area contributed by atoms with E-state index in [1.165, 1.54) is 0 Å². The highest BCUT2D eigenvalue weighted by Crippen LogP contribution is 2.43. The molecule has 2 aromatic rings. The highest BCUT2D eigenvalue weighted by Gasteiger charge is 2.56. The summed E-state index contributed by atoms with van der Waals surface area (Å²) in [6, 6.07) is 15.3. The first-order valence-corrected chi connectivity index (χ1v) is 15.3. The molecule has 2 aromatic carbocycles. The lowest BCUT2D eigenvalue weighted by atomic mass is 9.91. The van der Waals surface area contributed by atoms with Gasteiger partial charge < -0.3 is 25.2 Å². The first kappa shape index (κ1) is 29.0. The molecule has 2 atom stereocenters. The Morgan fingerprint density at radius 2 is 1.84 bits per heavy atom. The number of hydrogen-bond donors (Lipinski definition) is 2. The molecule has 1 spiro atoms. The third-order valence-corrected chi connectivity index (χ3v) is 9.02. The summed E-state index contributed by atoms with van der Waals surface area (Å²) in [6.07, 6.45) is 2.94. The van der Waals surface area contributed by atoms with E-state index in [-0.39, 0.29) is 36.5 Å². The molecule has 43 heavy (non-hydrogen) atoms. The van der Waals surface area contributed by atoms with Gasteiger partial charge in [0.15, 0.2) is 0 Å². The van der Waals surface area contributed by atoms with Gasteiger partial charge in [0.25, 0.3) is 5.91 Å². The Labute approximate surface area is 252 Å². The molecule has 1 saturated carbocycles. The number of amides is 5. The van der Waals surface area contributed by atoms with Gasteiger partial charge in [-0.15, -0.1) is 0 Å². The Hall–Kier alpha value is -4.08. The second kappa shape index (κ2) is 10.9. The minimum absolute atomic E-state index is 0.0347. The van der Waals surface area contributed by atoms with Crippen molar-refractivity contribution in [2.75, 3.05) is 25.0 Å². The monoisotopic (exact) mass is 587 g/mol. The standard InChI is InChI=1S/C33H41N5O5/c1-21(23-10-11-23)37(17-22-8-6-5-7-9-22)28(39)20-38-29(40)33(35-30(38)41)15-14-24-16-25(12-13-27(24)33)34-26-18-36(19-26)31(42)43-32(2,3)4/h5-9,12-13,16,21,23,26,34H,10-11,14-15,17-20H2,1-4H3,(H,35,41). The van der Waals surface area contributed by atoms with Crippen LogP contribution in [0, 0.1) is 5.92 Å². The zero-order chi connectivity index (χ0) is 30.5. The lowest BCUT2D eigenvalue weighted by Gasteiger charge is -2.40. The van der Waals surface area contributed by atoms with Gasteiger partial charge in [-0.05, 0) is 88.1 Å². The van der Waals surface area contributed by atoms with Crippen LogP contribution in [-0.4, -0.2) is 76.0 Å². The van der Waals surface area contributed by atoms with Crippen LogP contribution in [0.25, 0.3) is 0 Å². The summed E-state index contributed by atoms with van der Waals surface area (Å²) in [7, 11) is 0. The predicted molar refractivity (Wildman–Crippen MR) is 161 cm³/mol. The Kier molecular flexibility index (Phi) is 7.34. The number of rotatable bonds is 8. The average molecular weight is 588 g/mol. The molecule has 5 amide bonds. The van der Waals surface area contributed by atoms with E-state index in [0.29, 0.717) is 38.4 Å². The largest absolute Gasteiger partial charge is 0.444 e. The van der Waals surface area contributed by atoms with Gasteiger partial charge >= 0.3 is 12.1 Å². The van der Waals surface area contributed by atoms with Crippen molar-refractivity contribution in [3.8, 4) is 0 Å². The minimum atomic E-state index is -1.15. The minimum Gasteiger partial charge on any atom is -0.444 e. The maximum absolute atomic E-state index is 13.9. The van der Waals surface area contributed by atoms with Crippen LogP contribution in [0.4, 0.5) is 15.3 Å². The molecule has 6 rings (SSSR count). The van der Waals surface area contributed by atoms with E-state index in [0.717, 1.165) is 40.1 Å². The molecular weight excluding hydrogens is 546 g/mol. The molecule has 2 heterocycles. The quantitative estimate of drug-likeness (QED) is 0.447. The van der Waals surface area contributed by atoms with Crippen LogP contribution in [-0.2, 0) is 32.8 Å². The number of ether oxygens (including phenoxy) is 1. The summed E-state index contributed by atoms with van der Waals surface area (Å²) in [5.74, 6) is -0.134. The van der Waals surface area contributed by atoms with Gasteiger partial charge in [0.2, 0.25) is 5.91 Å². The van der Waals surface area contributed by atoms with E-state index in [9.17, 15) is 19.2 Å². The third kappa shape index (κ3) is 5.79. The highest BCUT2D eigenvalue weighted by atomic mass is 16.6. The van der Waals surface area contributed by atoms with Gasteiger partial charge in [0, 0.05) is 31.4 Å². The molecule has 2 unspecified atom stereocenters. The molecule has 2 aliphatic heterocycles. The van der Waals surface area contributed by atoms with Crippen molar-refractivity contribution < 1.29 is 23.9 Å². The van der Waals surface area contributed by atoms with E-state index < -0.39 is 17.2 Å². The average Bonchev–Trinajstić information content (AvgIpc) is 3.69. The number of nitrogens with one attached hydrogen (secondary N) is 2. The Bertz CT molecular complexity index is 1430. The van der Waals surface area contributed by atoms with E-state index >= 15 is 0 Å². The molecular formula is C33H41N5O5. The normalized spacial score (nSPS) is 22.2. The van der Waals surface area contributed by atoms with Crippen molar-refractivity contribution in [1.29, 1.82) is 0 Å². The second-order valence-corrected chi connectivity index (χ2v) is 13.4. The smallest absolute Gasteiger partial charge is 0.410 e. The van der Waals surface area contributed by atoms with Crippen LogP contribution in [0.15, 0.2) is 48.5 Å². The zero-order valence-corrected chi connectivity index (χ0v) is 25.4. The summed E-state index contributed by atoms with van der Waals surface area (Å²) in [5.41, 5.74) is 2.01. The molecule has 3 fully saturated rings. The molecule has 0 aromatic heterocycles. The van der Waals surface area contributed by atoms with Crippen LogP contribution in [0.1, 0.15) is 63.6 Å².